The predicted molar refractivity (Wildman–Crippen MR) is 35.4 cm³/mol. The first-order valence-corrected chi connectivity index (χ1v) is 3.51. The summed E-state index contributed by atoms with van der Waals surface area (Å²) in [6, 6.07) is 0. The highest BCUT2D eigenvalue weighted by atomic mass is 19.4. The van der Waals surface area contributed by atoms with Crippen LogP contribution in [0.4, 0.5) is 39.5 Å². The molecule has 100 valence electrons. The second kappa shape index (κ2) is 4.40. The summed E-state index contributed by atoms with van der Waals surface area (Å²) >= 11 is 0. The van der Waals surface area contributed by atoms with Crippen LogP contribution in [0, 0.1) is 0 Å². The zero-order valence-electron chi connectivity index (χ0n) is 7.37. The van der Waals surface area contributed by atoms with Crippen molar-refractivity contribution in [1.29, 1.82) is 0 Å². The first-order chi connectivity index (χ1) is 7.26. The Morgan fingerprint density at radius 3 is 1.41 bits per heavy atom. The zero-order chi connectivity index (χ0) is 14.2. The molecule has 2 nitrogen and oxygen atoms in total. The van der Waals surface area contributed by atoms with Gasteiger partial charge in [0.1, 0.15) is 0 Å². The third-order valence-corrected chi connectivity index (χ3v) is 1.46. The molecule has 0 unspecified atom stereocenters. The maximum atomic E-state index is 12.3. The predicted octanol–water partition coefficient (Wildman–Crippen LogP) is 1.98. The standard InChI is InChI=1S/C5H2BF9O2/c7-1(2(8)6(16)17)3(9,10)4(11,12)5(13,14)15/h16-17H. The number of allylic oxidation sites excluding steroid dienone is 1. The lowest BCUT2D eigenvalue weighted by molar-refractivity contribution is -0.348. The Morgan fingerprint density at radius 1 is 0.824 bits per heavy atom. The molecule has 0 saturated heterocycles. The van der Waals surface area contributed by atoms with Gasteiger partial charge in [0.2, 0.25) is 5.83 Å². The molecule has 0 rings (SSSR count). The van der Waals surface area contributed by atoms with Crippen molar-refractivity contribution < 1.29 is 49.6 Å². The van der Waals surface area contributed by atoms with E-state index in [-0.39, 0.29) is 0 Å². The third-order valence-electron chi connectivity index (χ3n) is 1.46. The number of hydrogen-bond acceptors (Lipinski definition) is 2. The fourth-order valence-corrected chi connectivity index (χ4v) is 0.579. The summed E-state index contributed by atoms with van der Waals surface area (Å²) in [4.78, 5) is 0. The maximum Gasteiger partial charge on any atom is 0.521 e. The molecule has 0 heterocycles. The lowest BCUT2D eigenvalue weighted by atomic mass is 9.87. The summed E-state index contributed by atoms with van der Waals surface area (Å²) in [5.74, 6) is -17.4. The highest BCUT2D eigenvalue weighted by molar-refractivity contribution is 6.49. The summed E-state index contributed by atoms with van der Waals surface area (Å²) in [6.45, 7) is 0. The van der Waals surface area contributed by atoms with Gasteiger partial charge in [-0.25, -0.2) is 8.78 Å². The largest absolute Gasteiger partial charge is 0.521 e. The topological polar surface area (TPSA) is 40.5 Å². The van der Waals surface area contributed by atoms with Gasteiger partial charge in [0.05, 0.1) is 0 Å². The van der Waals surface area contributed by atoms with E-state index in [1.54, 1.807) is 0 Å². The van der Waals surface area contributed by atoms with Crippen LogP contribution in [0.15, 0.2) is 11.6 Å². The quantitative estimate of drug-likeness (QED) is 0.611. The molecule has 2 N–H and O–H groups in total. The third kappa shape index (κ3) is 2.68. The van der Waals surface area contributed by atoms with E-state index in [1.807, 2.05) is 0 Å². The van der Waals surface area contributed by atoms with Crippen LogP contribution in [-0.4, -0.2) is 35.2 Å². The van der Waals surface area contributed by atoms with Crippen molar-refractivity contribution in [3.05, 3.63) is 11.6 Å². The SMILES string of the molecule is OB(O)C(F)=C(F)C(F)(F)C(F)(F)C(F)(F)F. The summed E-state index contributed by atoms with van der Waals surface area (Å²) < 4.78 is 108. The molecule has 0 amide bonds. The van der Waals surface area contributed by atoms with Crippen LogP contribution in [0.3, 0.4) is 0 Å². The average molecular weight is 276 g/mol. The van der Waals surface area contributed by atoms with Crippen LogP contribution in [0.5, 0.6) is 0 Å². The van der Waals surface area contributed by atoms with Crippen molar-refractivity contribution in [2.75, 3.05) is 0 Å². The van der Waals surface area contributed by atoms with Crippen LogP contribution in [0.25, 0.3) is 0 Å². The molecule has 0 bridgehead atoms. The van der Waals surface area contributed by atoms with Gasteiger partial charge in [-0.1, -0.05) is 0 Å². The molecule has 17 heavy (non-hydrogen) atoms. The second-order valence-corrected chi connectivity index (χ2v) is 2.68. The van der Waals surface area contributed by atoms with Gasteiger partial charge >= 0.3 is 25.1 Å². The fourth-order valence-electron chi connectivity index (χ4n) is 0.579. The molecule has 0 spiro atoms. The second-order valence-electron chi connectivity index (χ2n) is 2.68. The van der Waals surface area contributed by atoms with Crippen LogP contribution in [0.2, 0.25) is 0 Å². The maximum absolute atomic E-state index is 12.3. The van der Waals surface area contributed by atoms with E-state index in [0.717, 1.165) is 0 Å². The molecule has 0 aliphatic carbocycles. The average Bonchev–Trinajstić information content (AvgIpc) is 2.13. The minimum Gasteiger partial charge on any atom is -0.422 e. The van der Waals surface area contributed by atoms with E-state index >= 15 is 0 Å². The van der Waals surface area contributed by atoms with E-state index < -0.39 is 36.7 Å². The van der Waals surface area contributed by atoms with Crippen LogP contribution in [-0.2, 0) is 0 Å². The minimum absolute atomic E-state index is 3.24. The van der Waals surface area contributed by atoms with Gasteiger partial charge in [-0.3, -0.25) is 0 Å². The first kappa shape index (κ1) is 16.1. The molecule has 0 aliphatic rings. The van der Waals surface area contributed by atoms with Gasteiger partial charge in [-0.15, -0.1) is 0 Å². The van der Waals surface area contributed by atoms with Crippen molar-refractivity contribution in [2.45, 2.75) is 18.0 Å². The van der Waals surface area contributed by atoms with Gasteiger partial charge in [-0.2, -0.15) is 30.7 Å². The van der Waals surface area contributed by atoms with Crippen molar-refractivity contribution in [1.82, 2.24) is 0 Å². The summed E-state index contributed by atoms with van der Waals surface area (Å²) in [7, 11) is -3.58. The zero-order valence-corrected chi connectivity index (χ0v) is 7.37. The fraction of sp³-hybridized carbons (Fsp3) is 0.600. The van der Waals surface area contributed by atoms with E-state index in [9.17, 15) is 39.5 Å². The van der Waals surface area contributed by atoms with Crippen molar-refractivity contribution in [3.63, 3.8) is 0 Å². The minimum atomic E-state index is -6.91. The van der Waals surface area contributed by atoms with Crippen molar-refractivity contribution >= 4 is 7.12 Å². The number of halogens is 9. The van der Waals surface area contributed by atoms with Gasteiger partial charge < -0.3 is 10.0 Å². The molecule has 0 aromatic rings. The lowest BCUT2D eigenvalue weighted by Crippen LogP contribution is -2.52. The van der Waals surface area contributed by atoms with Gasteiger partial charge in [-0.05, 0) is 0 Å². The van der Waals surface area contributed by atoms with Crippen LogP contribution < -0.4 is 0 Å². The van der Waals surface area contributed by atoms with Gasteiger partial charge in [0, 0.05) is 0 Å². The molecule has 0 aliphatic heterocycles. The number of rotatable bonds is 3. The summed E-state index contributed by atoms with van der Waals surface area (Å²) in [5, 5.41) is 15.7. The molecule has 0 aromatic heterocycles. The van der Waals surface area contributed by atoms with E-state index in [1.165, 1.54) is 0 Å². The lowest BCUT2D eigenvalue weighted by Gasteiger charge is -2.27. The Hall–Kier alpha value is -0.905. The molecule has 0 radical (unpaired) electrons. The molecular formula is C5H2BF9O2. The first-order valence-electron chi connectivity index (χ1n) is 3.51. The molecule has 0 saturated carbocycles. The number of hydrogen-bond donors (Lipinski definition) is 2. The van der Waals surface area contributed by atoms with Gasteiger partial charge in [0.15, 0.2) is 5.73 Å². The van der Waals surface area contributed by atoms with Crippen LogP contribution >= 0.6 is 0 Å². The Labute approximate surface area is 87.5 Å². The Kier molecular flexibility index (Phi) is 4.17. The number of alkyl halides is 7. The Bertz CT molecular complexity index is 320. The summed E-state index contributed by atoms with van der Waals surface area (Å²) in [5.41, 5.74) is -3.24. The van der Waals surface area contributed by atoms with E-state index in [2.05, 4.69) is 0 Å². The Balaban J connectivity index is 5.66. The van der Waals surface area contributed by atoms with Crippen molar-refractivity contribution in [2.24, 2.45) is 0 Å². The van der Waals surface area contributed by atoms with Crippen LogP contribution in [0.1, 0.15) is 0 Å². The monoisotopic (exact) mass is 276 g/mol. The van der Waals surface area contributed by atoms with Gasteiger partial charge in [0.25, 0.3) is 0 Å². The normalized spacial score (nSPS) is 15.7. The highest BCUT2D eigenvalue weighted by Crippen LogP contribution is 2.50. The molecule has 0 fully saturated rings. The summed E-state index contributed by atoms with van der Waals surface area (Å²) in [6.07, 6.45) is -6.85. The molecular weight excluding hydrogens is 274 g/mol. The molecule has 0 atom stereocenters. The van der Waals surface area contributed by atoms with Crippen molar-refractivity contribution in [3.8, 4) is 0 Å². The van der Waals surface area contributed by atoms with E-state index in [0.29, 0.717) is 0 Å². The molecule has 0 aromatic carbocycles. The highest BCUT2D eigenvalue weighted by Gasteiger charge is 2.75. The Morgan fingerprint density at radius 2 is 1.18 bits per heavy atom. The molecule has 12 heteroatoms. The van der Waals surface area contributed by atoms with E-state index in [4.69, 9.17) is 10.0 Å². The smallest absolute Gasteiger partial charge is 0.422 e.